The number of nitrogens with zero attached hydrogens (tertiary/aromatic N) is 1. The normalized spacial score (nSPS) is 12.6. The van der Waals surface area contributed by atoms with Gasteiger partial charge in [-0.15, -0.1) is 0 Å². The van der Waals surface area contributed by atoms with Crippen LogP contribution in [0.3, 0.4) is 0 Å². The molecule has 56 heavy (non-hydrogen) atoms. The lowest BCUT2D eigenvalue weighted by atomic mass is 10.0. The Morgan fingerprint density at radius 2 is 1.25 bits per heavy atom. The first-order valence-electron chi connectivity index (χ1n) is 16.5. The molecule has 0 aliphatic rings. The Hall–Kier alpha value is -3.91. The lowest BCUT2D eigenvalue weighted by Gasteiger charge is -2.20. The first-order valence-corrected chi connectivity index (χ1v) is 21.3. The van der Waals surface area contributed by atoms with E-state index in [0.29, 0.717) is 29.5 Å². The first kappa shape index (κ1) is 41.7. The lowest BCUT2D eigenvalue weighted by molar-refractivity contribution is 0.0557. The van der Waals surface area contributed by atoms with E-state index in [-0.39, 0.29) is 14.8 Å². The van der Waals surface area contributed by atoms with Crippen LogP contribution in [0.5, 0.6) is 0 Å². The summed E-state index contributed by atoms with van der Waals surface area (Å²) >= 11 is 6.03. The summed E-state index contributed by atoms with van der Waals surface area (Å²) in [6.07, 6.45) is 0.343. The second kappa shape index (κ2) is 15.8. The zero-order valence-electron chi connectivity index (χ0n) is 29.0. The molecule has 0 saturated carbocycles. The molecule has 0 spiro atoms. The predicted octanol–water partition coefficient (Wildman–Crippen LogP) is 11.5. The van der Waals surface area contributed by atoms with E-state index in [2.05, 4.69) is 47.5 Å². The van der Waals surface area contributed by atoms with Crippen LogP contribution < -0.4 is 0 Å². The van der Waals surface area contributed by atoms with Gasteiger partial charge in [0.1, 0.15) is 5.82 Å². The molecule has 8 nitrogen and oxygen atoms in total. The zero-order valence-corrected chi connectivity index (χ0v) is 33.9. The Balaban J connectivity index is 0.000000192. The number of hydrogen-bond donors (Lipinski definition) is 5. The monoisotopic (exact) mass is 938 g/mol. The highest BCUT2D eigenvalue weighted by atomic mass is 79.9. The number of aryl methyl sites for hydroxylation is 1. The molecule has 2 heterocycles. The van der Waals surface area contributed by atoms with E-state index in [0.717, 1.165) is 51.1 Å². The number of para-hydroxylation sites is 1. The van der Waals surface area contributed by atoms with E-state index < -0.39 is 37.6 Å². The fourth-order valence-electron chi connectivity index (χ4n) is 6.33. The quantitative estimate of drug-likeness (QED) is 0.0722. The molecular formula is C39H31Br2F5N2O6P2. The topological polar surface area (TPSA) is 136 Å². The summed E-state index contributed by atoms with van der Waals surface area (Å²) in [4.78, 5) is 38.9. The molecule has 0 fully saturated rings. The smallest absolute Gasteiger partial charge is 0.358 e. The molecule has 0 unspecified atom stereocenters. The van der Waals surface area contributed by atoms with Gasteiger partial charge in [0.05, 0.1) is 0 Å². The molecular weight excluding hydrogens is 909 g/mol. The van der Waals surface area contributed by atoms with Gasteiger partial charge in [0.2, 0.25) is 0 Å². The largest absolute Gasteiger partial charge is 0.399 e. The molecule has 0 radical (unpaired) electrons. The number of benzene rings is 5. The Labute approximate surface area is 333 Å². The van der Waals surface area contributed by atoms with Crippen molar-refractivity contribution < 1.29 is 50.7 Å². The van der Waals surface area contributed by atoms with Gasteiger partial charge in [0, 0.05) is 59.8 Å². The van der Waals surface area contributed by atoms with Gasteiger partial charge in [-0.3, -0.25) is 9.13 Å². The van der Waals surface area contributed by atoms with Crippen molar-refractivity contribution in [2.45, 2.75) is 31.2 Å². The molecule has 292 valence electrons. The highest BCUT2D eigenvalue weighted by molar-refractivity contribution is 9.10. The lowest BCUT2D eigenvalue weighted by Crippen LogP contribution is -2.15. The van der Waals surface area contributed by atoms with E-state index in [9.17, 15) is 31.1 Å². The summed E-state index contributed by atoms with van der Waals surface area (Å²) in [5, 5.41) is 1.75. The third-order valence-electron chi connectivity index (χ3n) is 9.13. The van der Waals surface area contributed by atoms with Crippen molar-refractivity contribution in [3.8, 4) is 11.3 Å². The number of alkyl halides is 4. The van der Waals surface area contributed by atoms with Crippen LogP contribution in [0, 0.1) is 12.7 Å². The molecule has 0 atom stereocenters. The fourth-order valence-corrected chi connectivity index (χ4v) is 9.00. The molecule has 5 N–H and O–H groups in total. The number of aromatic amines is 1. The first-order chi connectivity index (χ1) is 26.2. The number of nitrogens with one attached hydrogen (secondary N) is 1. The highest BCUT2D eigenvalue weighted by Gasteiger charge is 2.52. The van der Waals surface area contributed by atoms with E-state index in [4.69, 9.17) is 19.6 Å². The number of fused-ring (bicyclic) bond motifs is 2. The van der Waals surface area contributed by atoms with Gasteiger partial charge in [-0.1, -0.05) is 105 Å². The van der Waals surface area contributed by atoms with Crippen LogP contribution in [0.25, 0.3) is 33.1 Å². The van der Waals surface area contributed by atoms with Crippen molar-refractivity contribution in [1.29, 1.82) is 0 Å². The molecule has 0 amide bonds. The van der Waals surface area contributed by atoms with Crippen molar-refractivity contribution >= 4 is 68.9 Å². The van der Waals surface area contributed by atoms with Gasteiger partial charge < -0.3 is 29.1 Å². The van der Waals surface area contributed by atoms with E-state index in [1.54, 1.807) is 6.07 Å². The predicted molar refractivity (Wildman–Crippen MR) is 212 cm³/mol. The zero-order chi connectivity index (χ0) is 40.8. The summed E-state index contributed by atoms with van der Waals surface area (Å²) in [7, 11) is -11.3. The molecule has 0 saturated heterocycles. The molecule has 7 aromatic rings. The Morgan fingerprint density at radius 1 is 0.696 bits per heavy atom. The van der Waals surface area contributed by atoms with Gasteiger partial charge in [-0.25, -0.2) is 4.39 Å². The minimum Gasteiger partial charge on any atom is -0.358 e. The molecule has 5 aromatic carbocycles. The van der Waals surface area contributed by atoms with Gasteiger partial charge in [-0.2, -0.15) is 17.6 Å². The van der Waals surface area contributed by atoms with Gasteiger partial charge in [0.15, 0.2) is 0 Å². The van der Waals surface area contributed by atoms with Gasteiger partial charge >= 0.3 is 26.5 Å². The number of H-pyrrole nitrogens is 1. The SMILES string of the molecule is Cc1[nH]c2ccc(F)cc2c1Cc1ccc(C(F)(F)P(=O)(O)O)c(Br)c1.O=P(O)(O)C(F)(F)c1ccc(Cn2c(-c3ccccc3)cc3ccccc32)cc1Br. The van der Waals surface area contributed by atoms with Crippen LogP contribution in [-0.2, 0) is 33.4 Å². The van der Waals surface area contributed by atoms with E-state index >= 15 is 0 Å². The molecule has 0 bridgehead atoms. The number of rotatable bonds is 9. The summed E-state index contributed by atoms with van der Waals surface area (Å²) in [6, 6.07) is 32.0. The van der Waals surface area contributed by atoms with E-state index in [1.807, 2.05) is 61.5 Å². The third kappa shape index (κ3) is 8.37. The van der Waals surface area contributed by atoms with Crippen molar-refractivity contribution in [1.82, 2.24) is 9.55 Å². The average molecular weight is 940 g/mol. The van der Waals surface area contributed by atoms with Crippen LogP contribution in [0.15, 0.2) is 124 Å². The Morgan fingerprint density at radius 3 is 1.84 bits per heavy atom. The highest BCUT2D eigenvalue weighted by Crippen LogP contribution is 2.61. The summed E-state index contributed by atoms with van der Waals surface area (Å²) in [6.45, 7) is 2.23. The van der Waals surface area contributed by atoms with Crippen LogP contribution in [0.1, 0.15) is 33.5 Å². The third-order valence-corrected chi connectivity index (χ3v) is 12.4. The van der Waals surface area contributed by atoms with Crippen LogP contribution in [-0.4, -0.2) is 29.1 Å². The van der Waals surface area contributed by atoms with Gasteiger partial charge in [-0.05, 0) is 78.1 Å². The molecule has 2 aromatic heterocycles. The number of hydrogen-bond acceptors (Lipinski definition) is 2. The Bertz CT molecular complexity index is 2680. The number of halogens is 7. The maximum atomic E-state index is 14.1. The standard InChI is InChI=1S/C22H17BrF2NO3P.C17H14BrF3NO3P/c23-19-12-15(10-11-18(19)22(24,25)30(27,28)29)14-26-20-9-5-4-8-17(20)13-21(26)16-6-2-1-3-7-16;1-9-12(13-8-11(19)3-5-16(13)22-9)6-10-2-4-14(15(18)7-10)17(20,21)26(23,24)25/h1-13H,14H2,(H2,27,28,29);2-5,7-8,22H,6H2,1H3,(H2,23,24,25). The summed E-state index contributed by atoms with van der Waals surface area (Å²) in [5.41, 5.74) is -3.30. The van der Waals surface area contributed by atoms with E-state index in [1.165, 1.54) is 36.4 Å². The van der Waals surface area contributed by atoms with Crippen molar-refractivity contribution in [3.63, 3.8) is 0 Å². The second-order valence-corrected chi connectivity index (χ2v) is 17.9. The second-order valence-electron chi connectivity index (χ2n) is 12.9. The van der Waals surface area contributed by atoms with Crippen molar-refractivity contribution in [2.24, 2.45) is 0 Å². The summed E-state index contributed by atoms with van der Waals surface area (Å²) < 4.78 is 93.8. The minimum atomic E-state index is -5.65. The Kier molecular flexibility index (Phi) is 11.8. The maximum absolute atomic E-state index is 14.1. The van der Waals surface area contributed by atoms with Crippen LogP contribution >= 0.6 is 47.1 Å². The maximum Gasteiger partial charge on any atom is 0.399 e. The molecule has 7 rings (SSSR count). The minimum absolute atomic E-state index is 0.0500. The summed E-state index contributed by atoms with van der Waals surface area (Å²) in [5.74, 6) is -0.379. The molecule has 0 aliphatic carbocycles. The van der Waals surface area contributed by atoms with Crippen molar-refractivity contribution in [2.75, 3.05) is 0 Å². The number of aromatic nitrogens is 2. The molecule has 17 heteroatoms. The van der Waals surface area contributed by atoms with Gasteiger partial charge in [0.25, 0.3) is 0 Å². The molecule has 0 aliphatic heterocycles. The van der Waals surface area contributed by atoms with Crippen LogP contribution in [0.4, 0.5) is 22.0 Å². The van der Waals surface area contributed by atoms with Crippen molar-refractivity contribution in [3.05, 3.63) is 164 Å². The van der Waals surface area contributed by atoms with Crippen LogP contribution in [0.2, 0.25) is 0 Å². The fraction of sp³-hybridized carbons (Fsp3) is 0.128. The average Bonchev–Trinajstić information content (AvgIpc) is 3.64.